The molecule has 0 heterocycles. The van der Waals surface area contributed by atoms with Gasteiger partial charge in [0.15, 0.2) is 12.2 Å². The molecule has 0 aliphatic rings. The second kappa shape index (κ2) is 58.4. The first-order chi connectivity index (χ1) is 40.9. The van der Waals surface area contributed by atoms with Gasteiger partial charge in [-0.3, -0.25) is 37.3 Å². The quantitative estimate of drug-likeness (QED) is 0.0222. The van der Waals surface area contributed by atoms with Crippen LogP contribution in [0.2, 0.25) is 0 Å². The molecule has 17 nitrogen and oxygen atoms in total. The van der Waals surface area contributed by atoms with E-state index in [1.807, 2.05) is 0 Å². The summed E-state index contributed by atoms with van der Waals surface area (Å²) in [6, 6.07) is 0. The van der Waals surface area contributed by atoms with Crippen molar-refractivity contribution in [3.63, 3.8) is 0 Å². The molecule has 0 aromatic carbocycles. The molecule has 0 saturated carbocycles. The number of aliphatic hydroxyl groups is 1. The molecule has 0 aromatic rings. The zero-order valence-corrected chi connectivity index (χ0v) is 56.7. The summed E-state index contributed by atoms with van der Waals surface area (Å²) in [6.45, 7) is 9.42. The zero-order chi connectivity index (χ0) is 62.9. The highest BCUT2D eigenvalue weighted by molar-refractivity contribution is 7.47. The molecule has 0 spiro atoms. The lowest BCUT2D eigenvalue weighted by atomic mass is 10.0. The van der Waals surface area contributed by atoms with Crippen LogP contribution in [0.15, 0.2) is 0 Å². The minimum Gasteiger partial charge on any atom is -0.462 e. The van der Waals surface area contributed by atoms with Crippen molar-refractivity contribution >= 4 is 39.5 Å². The lowest BCUT2D eigenvalue weighted by molar-refractivity contribution is -0.161. The fourth-order valence-electron chi connectivity index (χ4n) is 9.88. The molecule has 19 heteroatoms. The van der Waals surface area contributed by atoms with E-state index in [-0.39, 0.29) is 25.7 Å². The standard InChI is InChI=1S/C66H128O17P2/c1-7-9-11-13-15-16-17-18-19-20-21-24-32-38-44-50-65(70)82-62(55-77-64(69)49-43-37-31-25-22-23-29-34-40-46-58(3)4)57-81-85(74,75)79-53-60(67)52-78-84(72,73)80-56-61(54-76-63(68)48-42-36-28-14-12-10-8-2)83-66(71)51-45-39-33-27-26-30-35-41-47-59(5)6/h58-62,67H,7-57H2,1-6H3,(H,72,73)(H,74,75)/t60-,61+,62+/m0/s1. The Balaban J connectivity index is 5.21. The van der Waals surface area contributed by atoms with Crippen molar-refractivity contribution in [2.75, 3.05) is 39.6 Å². The fourth-order valence-corrected chi connectivity index (χ4v) is 11.5. The van der Waals surface area contributed by atoms with Gasteiger partial charge in [-0.05, 0) is 37.5 Å². The number of unbranched alkanes of at least 4 members (excludes halogenated alkanes) is 35. The predicted molar refractivity (Wildman–Crippen MR) is 340 cm³/mol. The van der Waals surface area contributed by atoms with E-state index in [1.54, 1.807) is 0 Å². The molecule has 0 rings (SSSR count). The average molecular weight is 1260 g/mol. The van der Waals surface area contributed by atoms with Gasteiger partial charge in [-0.15, -0.1) is 0 Å². The van der Waals surface area contributed by atoms with Crippen LogP contribution in [0.25, 0.3) is 0 Å². The molecule has 0 saturated heterocycles. The minimum atomic E-state index is -4.95. The Labute approximate surface area is 517 Å². The fraction of sp³-hybridized carbons (Fsp3) is 0.939. The van der Waals surface area contributed by atoms with Crippen LogP contribution >= 0.6 is 15.6 Å². The van der Waals surface area contributed by atoms with Gasteiger partial charge < -0.3 is 33.8 Å². The normalized spacial score (nSPS) is 14.2. The van der Waals surface area contributed by atoms with Crippen LogP contribution in [0.5, 0.6) is 0 Å². The molecular weight excluding hydrogens is 1130 g/mol. The van der Waals surface area contributed by atoms with Gasteiger partial charge in [-0.1, -0.05) is 279 Å². The molecule has 0 aromatic heterocycles. The van der Waals surface area contributed by atoms with Gasteiger partial charge in [0.05, 0.1) is 26.4 Å². The molecular formula is C66H128O17P2. The largest absolute Gasteiger partial charge is 0.472 e. The first-order valence-electron chi connectivity index (χ1n) is 34.5. The molecule has 5 atom stereocenters. The Bertz CT molecular complexity index is 1670. The number of phosphoric ester groups is 2. The van der Waals surface area contributed by atoms with Crippen molar-refractivity contribution in [2.45, 2.75) is 349 Å². The summed E-state index contributed by atoms with van der Waals surface area (Å²) >= 11 is 0. The van der Waals surface area contributed by atoms with Crippen LogP contribution in [-0.4, -0.2) is 96.7 Å². The van der Waals surface area contributed by atoms with Crippen molar-refractivity contribution < 1.29 is 80.2 Å². The smallest absolute Gasteiger partial charge is 0.462 e. The molecule has 504 valence electrons. The monoisotopic (exact) mass is 1250 g/mol. The van der Waals surface area contributed by atoms with E-state index in [4.69, 9.17) is 37.0 Å². The summed E-state index contributed by atoms with van der Waals surface area (Å²) in [5.74, 6) is -0.673. The molecule has 0 bridgehead atoms. The number of ether oxygens (including phenoxy) is 4. The highest BCUT2D eigenvalue weighted by Crippen LogP contribution is 2.45. The van der Waals surface area contributed by atoms with Crippen LogP contribution in [0.3, 0.4) is 0 Å². The van der Waals surface area contributed by atoms with E-state index in [2.05, 4.69) is 41.5 Å². The van der Waals surface area contributed by atoms with Crippen LogP contribution in [0.1, 0.15) is 330 Å². The highest BCUT2D eigenvalue weighted by atomic mass is 31.2. The Kier molecular flexibility index (Phi) is 57.1. The zero-order valence-electron chi connectivity index (χ0n) is 54.9. The average Bonchev–Trinajstić information content (AvgIpc) is 3.58. The maximum atomic E-state index is 13.0. The van der Waals surface area contributed by atoms with E-state index >= 15 is 0 Å². The van der Waals surface area contributed by atoms with E-state index in [9.17, 15) is 43.2 Å². The third-order valence-electron chi connectivity index (χ3n) is 15.2. The number of carbonyl (C=O) groups excluding carboxylic acids is 4. The van der Waals surface area contributed by atoms with Crippen molar-refractivity contribution in [1.82, 2.24) is 0 Å². The summed E-state index contributed by atoms with van der Waals surface area (Å²) < 4.78 is 68.0. The molecule has 0 aliphatic heterocycles. The van der Waals surface area contributed by atoms with Gasteiger partial charge >= 0.3 is 39.5 Å². The molecule has 85 heavy (non-hydrogen) atoms. The van der Waals surface area contributed by atoms with Crippen molar-refractivity contribution in [3.8, 4) is 0 Å². The SMILES string of the molecule is CCCCCCCCCCCCCCCCCC(=O)O[C@H](COC(=O)CCCCCCCCCCCC(C)C)COP(=O)(O)OC[C@@H](O)COP(=O)(O)OC[C@@H](COC(=O)CCCCCCCCC)OC(=O)CCCCCCCCCCC(C)C. The highest BCUT2D eigenvalue weighted by Gasteiger charge is 2.30. The molecule has 0 fully saturated rings. The Morgan fingerprint density at radius 1 is 0.318 bits per heavy atom. The topological polar surface area (TPSA) is 237 Å². The maximum Gasteiger partial charge on any atom is 0.472 e. The number of esters is 4. The van der Waals surface area contributed by atoms with Gasteiger partial charge in [-0.25, -0.2) is 9.13 Å². The van der Waals surface area contributed by atoms with Gasteiger partial charge in [0.25, 0.3) is 0 Å². The van der Waals surface area contributed by atoms with Gasteiger partial charge in [0, 0.05) is 25.7 Å². The lowest BCUT2D eigenvalue weighted by Crippen LogP contribution is -2.30. The summed E-state index contributed by atoms with van der Waals surface area (Å²) in [6.07, 6.45) is 41.8. The molecule has 3 N–H and O–H groups in total. The Morgan fingerprint density at radius 2 is 0.541 bits per heavy atom. The second-order valence-electron chi connectivity index (χ2n) is 24.8. The van der Waals surface area contributed by atoms with E-state index in [0.29, 0.717) is 25.7 Å². The molecule has 0 amide bonds. The number of rotatable bonds is 65. The second-order valence-corrected chi connectivity index (χ2v) is 27.7. The third kappa shape index (κ3) is 60.7. The summed E-state index contributed by atoms with van der Waals surface area (Å²) in [4.78, 5) is 72.2. The number of hydrogen-bond donors (Lipinski definition) is 3. The number of phosphoric acid groups is 2. The van der Waals surface area contributed by atoms with E-state index in [1.165, 1.54) is 135 Å². The number of aliphatic hydroxyl groups excluding tert-OH is 1. The van der Waals surface area contributed by atoms with E-state index in [0.717, 1.165) is 115 Å². The summed E-state index contributed by atoms with van der Waals surface area (Å²) in [7, 11) is -9.89. The number of carbonyl (C=O) groups is 4. The van der Waals surface area contributed by atoms with Crippen molar-refractivity contribution in [3.05, 3.63) is 0 Å². The van der Waals surface area contributed by atoms with Crippen molar-refractivity contribution in [1.29, 1.82) is 0 Å². The summed E-state index contributed by atoms with van der Waals surface area (Å²) in [5.41, 5.74) is 0. The minimum absolute atomic E-state index is 0.104. The van der Waals surface area contributed by atoms with Gasteiger partial charge in [0.1, 0.15) is 19.3 Å². The molecule has 2 unspecified atom stereocenters. The van der Waals surface area contributed by atoms with Crippen LogP contribution in [-0.2, 0) is 65.4 Å². The lowest BCUT2D eigenvalue weighted by Gasteiger charge is -2.21. The molecule has 0 aliphatic carbocycles. The summed E-state index contributed by atoms with van der Waals surface area (Å²) in [5, 5.41) is 10.5. The first kappa shape index (κ1) is 83.1. The van der Waals surface area contributed by atoms with Crippen LogP contribution in [0, 0.1) is 11.8 Å². The van der Waals surface area contributed by atoms with Crippen molar-refractivity contribution in [2.24, 2.45) is 11.8 Å². The van der Waals surface area contributed by atoms with Gasteiger partial charge in [-0.2, -0.15) is 0 Å². The Morgan fingerprint density at radius 3 is 0.800 bits per heavy atom. The number of hydrogen-bond acceptors (Lipinski definition) is 15. The predicted octanol–water partition coefficient (Wildman–Crippen LogP) is 18.4. The molecule has 0 radical (unpaired) electrons. The van der Waals surface area contributed by atoms with Gasteiger partial charge in [0.2, 0.25) is 0 Å². The van der Waals surface area contributed by atoms with E-state index < -0.39 is 97.5 Å². The third-order valence-corrected chi connectivity index (χ3v) is 17.1. The Hall–Kier alpha value is -1.94. The first-order valence-corrected chi connectivity index (χ1v) is 37.5. The van der Waals surface area contributed by atoms with Crippen LogP contribution in [0.4, 0.5) is 0 Å². The van der Waals surface area contributed by atoms with Crippen LogP contribution < -0.4 is 0 Å². The maximum absolute atomic E-state index is 13.0.